The highest BCUT2D eigenvalue weighted by atomic mass is 19.4. The van der Waals surface area contributed by atoms with E-state index in [4.69, 9.17) is 34.0 Å². The SMILES string of the molecule is Cc1ccncc1COC1CCOC2(C1)CN(C1CCOCC1)C2.O=C(O)C(F)(F)F.O=C(O)C(F)(F)F. The summed E-state index contributed by atoms with van der Waals surface area (Å²) in [5.41, 5.74) is 2.47. The van der Waals surface area contributed by atoms with E-state index in [0.717, 1.165) is 58.6 Å². The third kappa shape index (κ3) is 10.0. The van der Waals surface area contributed by atoms with E-state index in [-0.39, 0.29) is 5.60 Å². The van der Waals surface area contributed by atoms with Crippen LogP contribution >= 0.6 is 0 Å². The van der Waals surface area contributed by atoms with Crippen molar-refractivity contribution in [2.45, 2.75) is 69.3 Å². The van der Waals surface area contributed by atoms with Crippen LogP contribution in [0.1, 0.15) is 36.8 Å². The Morgan fingerprint density at radius 1 is 1.05 bits per heavy atom. The fourth-order valence-electron chi connectivity index (χ4n) is 4.20. The summed E-state index contributed by atoms with van der Waals surface area (Å²) in [4.78, 5) is 24.6. The molecule has 4 rings (SSSR count). The summed E-state index contributed by atoms with van der Waals surface area (Å²) >= 11 is 0. The Labute approximate surface area is 214 Å². The fraction of sp³-hybridized carbons (Fsp3) is 0.696. The van der Waals surface area contributed by atoms with Crippen LogP contribution in [0.2, 0.25) is 0 Å². The molecule has 3 aliphatic heterocycles. The van der Waals surface area contributed by atoms with Gasteiger partial charge in [-0.1, -0.05) is 0 Å². The fourth-order valence-corrected chi connectivity index (χ4v) is 4.20. The number of hydrogen-bond acceptors (Lipinski definition) is 7. The number of carboxylic acid groups (broad SMARTS) is 2. The zero-order chi connectivity index (χ0) is 28.6. The molecule has 1 aromatic heterocycles. The van der Waals surface area contributed by atoms with Gasteiger partial charge < -0.3 is 24.4 Å². The number of halogens is 6. The van der Waals surface area contributed by atoms with Crippen LogP contribution in [0.3, 0.4) is 0 Å². The molecule has 3 saturated heterocycles. The van der Waals surface area contributed by atoms with Gasteiger partial charge in [-0.3, -0.25) is 9.88 Å². The molecule has 1 unspecified atom stereocenters. The molecule has 4 heterocycles. The number of aryl methyl sites for hydroxylation is 1. The molecule has 3 aliphatic rings. The first-order chi connectivity index (χ1) is 17.6. The van der Waals surface area contributed by atoms with Gasteiger partial charge in [-0.2, -0.15) is 26.3 Å². The second-order valence-electron chi connectivity index (χ2n) is 9.11. The van der Waals surface area contributed by atoms with Crippen LogP contribution < -0.4 is 0 Å². The van der Waals surface area contributed by atoms with Gasteiger partial charge in [0.25, 0.3) is 0 Å². The van der Waals surface area contributed by atoms with Gasteiger partial charge in [0, 0.05) is 57.8 Å². The van der Waals surface area contributed by atoms with Gasteiger partial charge in [0.1, 0.15) is 0 Å². The molecule has 1 spiro atoms. The van der Waals surface area contributed by atoms with E-state index in [1.165, 1.54) is 11.1 Å². The summed E-state index contributed by atoms with van der Waals surface area (Å²) < 4.78 is 81.3. The monoisotopic (exact) mass is 560 g/mol. The lowest BCUT2D eigenvalue weighted by Gasteiger charge is -2.56. The Balaban J connectivity index is 0.000000301. The van der Waals surface area contributed by atoms with Crippen molar-refractivity contribution in [3.8, 4) is 0 Å². The van der Waals surface area contributed by atoms with Gasteiger partial charge in [-0.15, -0.1) is 0 Å². The summed E-state index contributed by atoms with van der Waals surface area (Å²) in [6.07, 6.45) is -1.77. The summed E-state index contributed by atoms with van der Waals surface area (Å²) in [7, 11) is 0. The van der Waals surface area contributed by atoms with E-state index in [2.05, 4.69) is 16.8 Å². The minimum Gasteiger partial charge on any atom is -0.475 e. The molecule has 0 aliphatic carbocycles. The first kappa shape index (κ1) is 31.7. The Morgan fingerprint density at radius 2 is 1.61 bits per heavy atom. The zero-order valence-corrected chi connectivity index (χ0v) is 20.6. The second-order valence-corrected chi connectivity index (χ2v) is 9.11. The highest BCUT2D eigenvalue weighted by Gasteiger charge is 2.49. The van der Waals surface area contributed by atoms with Crippen molar-refractivity contribution in [2.24, 2.45) is 0 Å². The number of carboxylic acids is 2. The second kappa shape index (κ2) is 13.5. The van der Waals surface area contributed by atoms with Crippen LogP contribution in [0.25, 0.3) is 0 Å². The van der Waals surface area contributed by atoms with Gasteiger partial charge in [0.2, 0.25) is 0 Å². The van der Waals surface area contributed by atoms with Gasteiger partial charge in [0.05, 0.1) is 18.3 Å². The summed E-state index contributed by atoms with van der Waals surface area (Å²) in [6, 6.07) is 2.73. The molecule has 3 fully saturated rings. The number of nitrogens with zero attached hydrogens (tertiary/aromatic N) is 2. The van der Waals surface area contributed by atoms with E-state index < -0.39 is 24.3 Å². The zero-order valence-electron chi connectivity index (χ0n) is 20.6. The van der Waals surface area contributed by atoms with Crippen molar-refractivity contribution in [2.75, 3.05) is 32.9 Å². The standard InChI is InChI=1S/C19H28N2O3.2C2HF3O2/c1-15-2-6-20-11-16(15)12-23-18-5-9-24-19(10-18)13-21(14-19)17-3-7-22-8-4-17;2*3-2(4,5)1(6)7/h2,6,11,17-18H,3-5,7-10,12-14H2,1H3;2*(H,6,7). The molecule has 0 bridgehead atoms. The number of carbonyl (C=O) groups is 2. The quantitative estimate of drug-likeness (QED) is 0.533. The number of hydrogen-bond donors (Lipinski definition) is 2. The van der Waals surface area contributed by atoms with E-state index in [9.17, 15) is 26.3 Å². The summed E-state index contributed by atoms with van der Waals surface area (Å²) in [5.74, 6) is -5.51. The summed E-state index contributed by atoms with van der Waals surface area (Å²) in [6.45, 7) is 7.52. The van der Waals surface area contributed by atoms with Crippen molar-refractivity contribution in [3.63, 3.8) is 0 Å². The molecule has 9 nitrogen and oxygen atoms in total. The van der Waals surface area contributed by atoms with Crippen molar-refractivity contribution in [1.82, 2.24) is 9.88 Å². The molecule has 0 radical (unpaired) electrons. The molecule has 0 amide bonds. The molecule has 216 valence electrons. The number of ether oxygens (including phenoxy) is 3. The van der Waals surface area contributed by atoms with Crippen LogP contribution in [-0.2, 0) is 30.4 Å². The molecule has 1 atom stereocenters. The molecule has 1 aromatic rings. The predicted octanol–water partition coefficient (Wildman–Crippen LogP) is 3.59. The Kier molecular flexibility index (Phi) is 11.3. The van der Waals surface area contributed by atoms with E-state index >= 15 is 0 Å². The Morgan fingerprint density at radius 3 is 2.11 bits per heavy atom. The Hall–Kier alpha value is -2.49. The highest BCUT2D eigenvalue weighted by Crippen LogP contribution is 2.38. The third-order valence-electron chi connectivity index (χ3n) is 6.24. The normalized spacial score (nSPS) is 21.8. The van der Waals surface area contributed by atoms with Gasteiger partial charge in [-0.25, -0.2) is 9.59 Å². The number of aliphatic carboxylic acids is 2. The molecule has 0 saturated carbocycles. The van der Waals surface area contributed by atoms with Crippen LogP contribution in [0.4, 0.5) is 26.3 Å². The van der Waals surface area contributed by atoms with Gasteiger partial charge >= 0.3 is 24.3 Å². The number of aromatic nitrogens is 1. The number of pyridine rings is 1. The minimum absolute atomic E-state index is 0.0329. The average molecular weight is 560 g/mol. The minimum atomic E-state index is -5.08. The Bertz CT molecular complexity index is 892. The van der Waals surface area contributed by atoms with Crippen molar-refractivity contribution in [3.05, 3.63) is 29.6 Å². The predicted molar refractivity (Wildman–Crippen MR) is 118 cm³/mol. The maximum absolute atomic E-state index is 10.6. The van der Waals surface area contributed by atoms with Crippen molar-refractivity contribution >= 4 is 11.9 Å². The van der Waals surface area contributed by atoms with Gasteiger partial charge in [-0.05, 0) is 43.4 Å². The maximum Gasteiger partial charge on any atom is 0.490 e. The molecule has 38 heavy (non-hydrogen) atoms. The first-order valence-electron chi connectivity index (χ1n) is 11.7. The van der Waals surface area contributed by atoms with Gasteiger partial charge in [0.15, 0.2) is 0 Å². The van der Waals surface area contributed by atoms with Crippen LogP contribution in [-0.4, -0.2) is 95.0 Å². The number of rotatable bonds is 4. The summed E-state index contributed by atoms with van der Waals surface area (Å²) in [5, 5.41) is 14.2. The van der Waals surface area contributed by atoms with Crippen LogP contribution in [0.15, 0.2) is 18.5 Å². The van der Waals surface area contributed by atoms with Crippen LogP contribution in [0.5, 0.6) is 0 Å². The average Bonchev–Trinajstić information content (AvgIpc) is 2.82. The largest absolute Gasteiger partial charge is 0.490 e. The number of alkyl halides is 6. The van der Waals surface area contributed by atoms with Crippen molar-refractivity contribution < 1.29 is 60.4 Å². The third-order valence-corrected chi connectivity index (χ3v) is 6.24. The van der Waals surface area contributed by atoms with E-state index in [0.29, 0.717) is 18.8 Å². The highest BCUT2D eigenvalue weighted by molar-refractivity contribution is 5.73. The number of likely N-dealkylation sites (tertiary alicyclic amines) is 1. The maximum atomic E-state index is 10.6. The smallest absolute Gasteiger partial charge is 0.475 e. The first-order valence-corrected chi connectivity index (χ1v) is 11.7. The van der Waals surface area contributed by atoms with E-state index in [1.54, 1.807) is 0 Å². The molecular formula is C23H30F6N2O7. The molecular weight excluding hydrogens is 530 g/mol. The molecule has 0 aromatic carbocycles. The lowest BCUT2D eigenvalue weighted by atomic mass is 9.82. The molecule has 2 N–H and O–H groups in total. The lowest BCUT2D eigenvalue weighted by molar-refractivity contribution is -0.210. The van der Waals surface area contributed by atoms with E-state index in [1.807, 2.05) is 18.5 Å². The van der Waals surface area contributed by atoms with Crippen molar-refractivity contribution in [1.29, 1.82) is 0 Å². The molecule has 15 heteroatoms. The topological polar surface area (TPSA) is 118 Å². The van der Waals surface area contributed by atoms with Crippen LogP contribution in [0, 0.1) is 6.92 Å². The lowest BCUT2D eigenvalue weighted by Crippen LogP contribution is -2.68.